The molecule has 0 bridgehead atoms. The maximum atomic E-state index is 13.7. The monoisotopic (exact) mass is 291 g/mol. The third kappa shape index (κ3) is 2.95. The molecule has 106 valence electrons. The minimum atomic E-state index is -3.26. The van der Waals surface area contributed by atoms with Crippen molar-refractivity contribution in [3.8, 4) is 0 Å². The Labute approximate surface area is 110 Å². The number of halogens is 2. The molecule has 0 saturated carbocycles. The molecule has 1 aromatic rings. The van der Waals surface area contributed by atoms with Crippen LogP contribution in [0.5, 0.6) is 0 Å². The zero-order valence-corrected chi connectivity index (χ0v) is 11.3. The van der Waals surface area contributed by atoms with Crippen LogP contribution in [0.25, 0.3) is 0 Å². The van der Waals surface area contributed by atoms with E-state index < -0.39 is 21.7 Å². The predicted octanol–water partition coefficient (Wildman–Crippen LogP) is 0.629. The molecule has 2 N–H and O–H groups in total. The van der Waals surface area contributed by atoms with Gasteiger partial charge in [0.2, 0.25) is 10.0 Å². The Kier molecular flexibility index (Phi) is 3.64. The Bertz CT molecular complexity index is 561. The van der Waals surface area contributed by atoms with Crippen LogP contribution in [0.15, 0.2) is 12.1 Å². The van der Waals surface area contributed by atoms with Crippen LogP contribution >= 0.6 is 0 Å². The number of piperazine rings is 1. The normalized spacial score (nSPS) is 17.7. The maximum Gasteiger partial charge on any atom is 0.211 e. The highest BCUT2D eigenvalue weighted by atomic mass is 32.2. The van der Waals surface area contributed by atoms with E-state index in [0.717, 1.165) is 18.4 Å². The number of nitrogen functional groups attached to an aromatic ring is 1. The quantitative estimate of drug-likeness (QED) is 0.812. The Morgan fingerprint density at radius 1 is 1.11 bits per heavy atom. The van der Waals surface area contributed by atoms with Crippen molar-refractivity contribution in [1.82, 2.24) is 4.31 Å². The van der Waals surface area contributed by atoms with Gasteiger partial charge in [-0.05, 0) is 12.1 Å². The molecular weight excluding hydrogens is 276 g/mol. The van der Waals surface area contributed by atoms with E-state index in [1.165, 1.54) is 9.21 Å². The second kappa shape index (κ2) is 4.93. The fourth-order valence-electron chi connectivity index (χ4n) is 2.13. The van der Waals surface area contributed by atoms with E-state index in [-0.39, 0.29) is 37.6 Å². The van der Waals surface area contributed by atoms with Crippen LogP contribution in [0, 0.1) is 11.6 Å². The van der Waals surface area contributed by atoms with E-state index in [0.29, 0.717) is 0 Å². The molecule has 19 heavy (non-hydrogen) atoms. The molecular formula is C11H15F2N3O2S. The average molecular weight is 291 g/mol. The van der Waals surface area contributed by atoms with Crippen molar-refractivity contribution < 1.29 is 17.2 Å². The molecule has 1 aliphatic rings. The predicted molar refractivity (Wildman–Crippen MR) is 69.4 cm³/mol. The number of nitrogens with two attached hydrogens (primary N) is 1. The molecule has 0 amide bonds. The molecule has 0 atom stereocenters. The van der Waals surface area contributed by atoms with Gasteiger partial charge in [0, 0.05) is 31.9 Å². The van der Waals surface area contributed by atoms with Crippen molar-refractivity contribution in [3.05, 3.63) is 23.8 Å². The number of hydrogen-bond donors (Lipinski definition) is 1. The zero-order chi connectivity index (χ0) is 14.2. The molecule has 0 aromatic heterocycles. The van der Waals surface area contributed by atoms with Gasteiger partial charge in [-0.25, -0.2) is 17.2 Å². The van der Waals surface area contributed by atoms with Gasteiger partial charge in [0.25, 0.3) is 0 Å². The van der Waals surface area contributed by atoms with Crippen molar-refractivity contribution in [2.24, 2.45) is 0 Å². The van der Waals surface area contributed by atoms with Crippen LogP contribution in [0.2, 0.25) is 0 Å². The lowest BCUT2D eigenvalue weighted by Gasteiger charge is -2.35. The Morgan fingerprint density at radius 2 is 1.58 bits per heavy atom. The number of sulfonamides is 1. The topological polar surface area (TPSA) is 66.6 Å². The summed E-state index contributed by atoms with van der Waals surface area (Å²) in [7, 11) is -3.26. The van der Waals surface area contributed by atoms with E-state index in [4.69, 9.17) is 5.73 Å². The van der Waals surface area contributed by atoms with Gasteiger partial charge in [-0.3, -0.25) is 0 Å². The Morgan fingerprint density at radius 3 is 2.00 bits per heavy atom. The number of hydrogen-bond acceptors (Lipinski definition) is 4. The third-order valence-corrected chi connectivity index (χ3v) is 4.37. The lowest BCUT2D eigenvalue weighted by Crippen LogP contribution is -2.48. The molecule has 1 fully saturated rings. The smallest absolute Gasteiger partial charge is 0.211 e. The molecule has 1 aliphatic heterocycles. The van der Waals surface area contributed by atoms with Gasteiger partial charge in [-0.1, -0.05) is 0 Å². The number of benzene rings is 1. The first-order valence-electron chi connectivity index (χ1n) is 5.73. The highest BCUT2D eigenvalue weighted by molar-refractivity contribution is 7.88. The maximum absolute atomic E-state index is 13.7. The van der Waals surface area contributed by atoms with Gasteiger partial charge < -0.3 is 10.6 Å². The van der Waals surface area contributed by atoms with Gasteiger partial charge in [0.15, 0.2) is 11.6 Å². The van der Waals surface area contributed by atoms with Crippen molar-refractivity contribution in [3.63, 3.8) is 0 Å². The first-order chi connectivity index (χ1) is 8.79. The number of nitrogens with zero attached hydrogens (tertiary/aromatic N) is 2. The van der Waals surface area contributed by atoms with Gasteiger partial charge in [-0.2, -0.15) is 4.31 Å². The number of rotatable bonds is 2. The molecule has 2 rings (SSSR count). The molecule has 8 heteroatoms. The fourth-order valence-corrected chi connectivity index (χ4v) is 2.96. The first kappa shape index (κ1) is 14.0. The average Bonchev–Trinajstić information content (AvgIpc) is 2.27. The third-order valence-electron chi connectivity index (χ3n) is 3.06. The second-order valence-electron chi connectivity index (χ2n) is 4.48. The van der Waals surface area contributed by atoms with E-state index >= 15 is 0 Å². The Balaban J connectivity index is 2.19. The van der Waals surface area contributed by atoms with Gasteiger partial charge in [0.1, 0.15) is 5.69 Å². The van der Waals surface area contributed by atoms with Crippen molar-refractivity contribution in [2.45, 2.75) is 0 Å². The van der Waals surface area contributed by atoms with Gasteiger partial charge in [-0.15, -0.1) is 0 Å². The molecule has 1 heterocycles. The van der Waals surface area contributed by atoms with Crippen molar-refractivity contribution in [1.29, 1.82) is 0 Å². The van der Waals surface area contributed by atoms with E-state index in [1.54, 1.807) is 0 Å². The summed E-state index contributed by atoms with van der Waals surface area (Å²) in [5, 5.41) is 0. The summed E-state index contributed by atoms with van der Waals surface area (Å²) < 4.78 is 51.5. The van der Waals surface area contributed by atoms with Crippen LogP contribution < -0.4 is 10.6 Å². The molecule has 0 spiro atoms. The van der Waals surface area contributed by atoms with Crippen molar-refractivity contribution in [2.75, 3.05) is 43.1 Å². The second-order valence-corrected chi connectivity index (χ2v) is 6.46. The van der Waals surface area contributed by atoms with E-state index in [1.807, 2.05) is 0 Å². The first-order valence-corrected chi connectivity index (χ1v) is 7.58. The Hall–Kier alpha value is -1.41. The van der Waals surface area contributed by atoms with E-state index in [9.17, 15) is 17.2 Å². The van der Waals surface area contributed by atoms with Crippen LogP contribution in [0.4, 0.5) is 20.2 Å². The SMILES string of the molecule is CS(=O)(=O)N1CCN(c2c(F)cc(N)cc2F)CC1. The molecule has 1 aromatic carbocycles. The standard InChI is InChI=1S/C11H15F2N3O2S/c1-19(17,18)16-4-2-15(3-5-16)11-9(12)6-8(14)7-10(11)13/h6-7H,2-5,14H2,1H3. The summed E-state index contributed by atoms with van der Waals surface area (Å²) in [5.41, 5.74) is 5.22. The molecule has 1 saturated heterocycles. The van der Waals surface area contributed by atoms with Crippen LogP contribution in [0.3, 0.4) is 0 Å². The summed E-state index contributed by atoms with van der Waals surface area (Å²) >= 11 is 0. The lowest BCUT2D eigenvalue weighted by atomic mass is 10.2. The minimum Gasteiger partial charge on any atom is -0.399 e. The highest BCUT2D eigenvalue weighted by Gasteiger charge is 2.26. The summed E-state index contributed by atoms with van der Waals surface area (Å²) in [4.78, 5) is 1.49. The molecule has 0 unspecified atom stereocenters. The zero-order valence-electron chi connectivity index (χ0n) is 10.4. The fraction of sp³-hybridized carbons (Fsp3) is 0.455. The summed E-state index contributed by atoms with van der Waals surface area (Å²) in [6.45, 7) is 0.903. The number of anilines is 2. The van der Waals surface area contributed by atoms with Crippen LogP contribution in [-0.4, -0.2) is 45.2 Å². The van der Waals surface area contributed by atoms with Gasteiger partial charge >= 0.3 is 0 Å². The summed E-state index contributed by atoms with van der Waals surface area (Å²) in [6, 6.07) is 2.11. The minimum absolute atomic E-state index is 0.0218. The highest BCUT2D eigenvalue weighted by Crippen LogP contribution is 2.27. The van der Waals surface area contributed by atoms with Crippen molar-refractivity contribution >= 4 is 21.4 Å². The van der Waals surface area contributed by atoms with Gasteiger partial charge in [0.05, 0.1) is 6.26 Å². The lowest BCUT2D eigenvalue weighted by molar-refractivity contribution is 0.384. The van der Waals surface area contributed by atoms with Crippen LogP contribution in [-0.2, 0) is 10.0 Å². The molecule has 5 nitrogen and oxygen atoms in total. The molecule has 0 radical (unpaired) electrons. The largest absolute Gasteiger partial charge is 0.399 e. The molecule has 0 aliphatic carbocycles. The summed E-state index contributed by atoms with van der Waals surface area (Å²) in [6.07, 6.45) is 1.12. The van der Waals surface area contributed by atoms with E-state index in [2.05, 4.69) is 0 Å². The van der Waals surface area contributed by atoms with Crippen LogP contribution in [0.1, 0.15) is 0 Å². The summed E-state index contributed by atoms with van der Waals surface area (Å²) in [5.74, 6) is -1.46.